The van der Waals surface area contributed by atoms with Crippen LogP contribution in [0.4, 0.5) is 16.2 Å². The van der Waals surface area contributed by atoms with Crippen LogP contribution in [0.2, 0.25) is 0 Å². The predicted octanol–water partition coefficient (Wildman–Crippen LogP) is 4.67. The second-order valence-corrected chi connectivity index (χ2v) is 6.31. The van der Waals surface area contributed by atoms with Gasteiger partial charge in [-0.05, 0) is 23.8 Å². The maximum atomic E-state index is 12.7. The first-order chi connectivity index (χ1) is 13.6. The van der Waals surface area contributed by atoms with Gasteiger partial charge in [0, 0.05) is 11.8 Å². The van der Waals surface area contributed by atoms with Gasteiger partial charge in [0.1, 0.15) is 0 Å². The summed E-state index contributed by atoms with van der Waals surface area (Å²) in [7, 11) is 0. The smallest absolute Gasteiger partial charge is 0.348 e. The summed E-state index contributed by atoms with van der Waals surface area (Å²) in [5.74, 6) is 0. The molecule has 0 bridgehead atoms. The van der Waals surface area contributed by atoms with E-state index in [1.807, 2.05) is 36.4 Å². The molecule has 1 amide bonds. The number of rotatable bonds is 5. The maximum Gasteiger partial charge on any atom is 0.435 e. The van der Waals surface area contributed by atoms with Gasteiger partial charge in [0.15, 0.2) is 6.17 Å². The highest BCUT2D eigenvalue weighted by atomic mass is 16.7. The van der Waals surface area contributed by atoms with Crippen molar-refractivity contribution < 1.29 is 14.6 Å². The van der Waals surface area contributed by atoms with Crippen molar-refractivity contribution in [2.45, 2.75) is 12.7 Å². The minimum absolute atomic E-state index is 0.0650. The Morgan fingerprint density at radius 2 is 1.50 bits per heavy atom. The fourth-order valence-corrected chi connectivity index (χ4v) is 3.31. The van der Waals surface area contributed by atoms with E-state index in [0.29, 0.717) is 17.8 Å². The normalized spacial score (nSPS) is 16.8. The number of para-hydroxylation sites is 2. The number of hydrogen-bond donors (Lipinski definition) is 0. The Morgan fingerprint density at radius 1 is 0.893 bits per heavy atom. The molecule has 1 aliphatic rings. The lowest BCUT2D eigenvalue weighted by molar-refractivity contribution is -0.386. The van der Waals surface area contributed by atoms with Gasteiger partial charge in [-0.3, -0.25) is 15.0 Å². The third-order valence-electron chi connectivity index (χ3n) is 4.54. The summed E-state index contributed by atoms with van der Waals surface area (Å²) in [6.45, 7) is 0.298. The highest BCUT2D eigenvalue weighted by molar-refractivity contribution is 5.90. The Bertz CT molecular complexity index is 995. The van der Waals surface area contributed by atoms with Gasteiger partial charge in [0.05, 0.1) is 17.0 Å². The molecule has 0 saturated carbocycles. The second kappa shape index (κ2) is 7.50. The number of amides is 1. The Hall–Kier alpha value is -3.71. The third-order valence-corrected chi connectivity index (χ3v) is 4.54. The highest BCUT2D eigenvalue weighted by Gasteiger charge is 2.45. The van der Waals surface area contributed by atoms with Crippen LogP contribution in [0.1, 0.15) is 17.3 Å². The Kier molecular flexibility index (Phi) is 4.74. The number of anilines is 1. The van der Waals surface area contributed by atoms with Crippen molar-refractivity contribution in [1.29, 1.82) is 0 Å². The van der Waals surface area contributed by atoms with Crippen molar-refractivity contribution in [2.75, 3.05) is 4.90 Å². The van der Waals surface area contributed by atoms with E-state index in [9.17, 15) is 14.9 Å². The second-order valence-electron chi connectivity index (χ2n) is 6.31. The number of nitrogens with zero attached hydrogens (tertiary/aromatic N) is 3. The Morgan fingerprint density at radius 3 is 2.18 bits per heavy atom. The zero-order valence-electron chi connectivity index (χ0n) is 14.8. The molecule has 1 aliphatic heterocycles. The van der Waals surface area contributed by atoms with E-state index in [2.05, 4.69) is 0 Å². The zero-order valence-corrected chi connectivity index (χ0v) is 14.8. The van der Waals surface area contributed by atoms with E-state index in [0.717, 1.165) is 5.56 Å². The van der Waals surface area contributed by atoms with Gasteiger partial charge in [-0.2, -0.15) is 0 Å². The molecule has 1 unspecified atom stereocenters. The van der Waals surface area contributed by atoms with Gasteiger partial charge < -0.3 is 4.84 Å². The predicted molar refractivity (Wildman–Crippen MR) is 103 cm³/mol. The lowest BCUT2D eigenvalue weighted by atomic mass is 10.1. The molecule has 3 aromatic rings. The summed E-state index contributed by atoms with van der Waals surface area (Å²) in [4.78, 5) is 30.9. The Balaban J connectivity index is 1.81. The summed E-state index contributed by atoms with van der Waals surface area (Å²) >= 11 is 0. The SMILES string of the molecule is O=C1ON(Cc2ccccc2)C(c2ccccc2[N+](=O)[O-])N1c1ccccc1. The third kappa shape index (κ3) is 3.30. The number of carbonyl (C=O) groups excluding carboxylic acids is 1. The van der Waals surface area contributed by atoms with Crippen LogP contribution in [0.5, 0.6) is 0 Å². The van der Waals surface area contributed by atoms with Gasteiger partial charge in [-0.1, -0.05) is 60.7 Å². The number of hydrogen-bond acceptors (Lipinski definition) is 5. The van der Waals surface area contributed by atoms with Crippen LogP contribution in [0, 0.1) is 10.1 Å². The average Bonchev–Trinajstić information content (AvgIpc) is 3.04. The standard InChI is InChI=1S/C21H17N3O4/c25-21-23(17-11-5-2-6-12-17)20(18-13-7-8-14-19(18)24(26)27)22(28-21)15-16-9-3-1-4-10-16/h1-14,20H,15H2. The number of nitro benzene ring substituents is 1. The van der Waals surface area contributed by atoms with Crippen LogP contribution in [0.15, 0.2) is 84.9 Å². The minimum Gasteiger partial charge on any atom is -0.348 e. The van der Waals surface area contributed by atoms with Gasteiger partial charge in [0.25, 0.3) is 5.69 Å². The van der Waals surface area contributed by atoms with Crippen LogP contribution < -0.4 is 4.90 Å². The summed E-state index contributed by atoms with van der Waals surface area (Å²) in [5, 5.41) is 13.1. The molecule has 1 fully saturated rings. The molecule has 1 saturated heterocycles. The molecule has 0 aliphatic carbocycles. The van der Waals surface area contributed by atoms with Crippen LogP contribution in [0.3, 0.4) is 0 Å². The van der Waals surface area contributed by atoms with Crippen LogP contribution in [-0.4, -0.2) is 16.1 Å². The summed E-state index contributed by atoms with van der Waals surface area (Å²) in [5.41, 5.74) is 1.85. The summed E-state index contributed by atoms with van der Waals surface area (Å²) < 4.78 is 0. The van der Waals surface area contributed by atoms with E-state index >= 15 is 0 Å². The molecule has 4 rings (SSSR count). The quantitative estimate of drug-likeness (QED) is 0.479. The molecule has 0 spiro atoms. The summed E-state index contributed by atoms with van der Waals surface area (Å²) in [6.07, 6.45) is -1.35. The lowest BCUT2D eigenvalue weighted by Gasteiger charge is -2.26. The fourth-order valence-electron chi connectivity index (χ4n) is 3.31. The van der Waals surface area contributed by atoms with E-state index in [1.165, 1.54) is 16.0 Å². The maximum absolute atomic E-state index is 12.7. The number of hydroxylamine groups is 2. The zero-order chi connectivity index (χ0) is 19.5. The first-order valence-corrected chi connectivity index (χ1v) is 8.75. The number of nitro groups is 1. The molecule has 0 radical (unpaired) electrons. The van der Waals surface area contributed by atoms with Crippen molar-refractivity contribution >= 4 is 17.5 Å². The largest absolute Gasteiger partial charge is 0.435 e. The van der Waals surface area contributed by atoms with Gasteiger partial charge in [-0.15, -0.1) is 5.06 Å². The average molecular weight is 375 g/mol. The number of carbonyl (C=O) groups is 1. The molecule has 1 atom stereocenters. The van der Waals surface area contributed by atoms with E-state index in [4.69, 9.17) is 4.84 Å². The van der Waals surface area contributed by atoms with Gasteiger partial charge >= 0.3 is 6.09 Å². The molecule has 3 aromatic carbocycles. The summed E-state index contributed by atoms with van der Waals surface area (Å²) in [6, 6.07) is 24.9. The molecule has 140 valence electrons. The minimum atomic E-state index is -0.767. The van der Waals surface area contributed by atoms with E-state index in [-0.39, 0.29) is 5.69 Å². The van der Waals surface area contributed by atoms with E-state index < -0.39 is 17.2 Å². The van der Waals surface area contributed by atoms with Crippen LogP contribution in [-0.2, 0) is 11.4 Å². The molecule has 1 heterocycles. The van der Waals surface area contributed by atoms with Gasteiger partial charge in [-0.25, -0.2) is 4.79 Å². The molecule has 0 N–H and O–H groups in total. The van der Waals surface area contributed by atoms with Crippen molar-refractivity contribution in [3.05, 3.63) is 106 Å². The van der Waals surface area contributed by atoms with Crippen molar-refractivity contribution in [3.8, 4) is 0 Å². The van der Waals surface area contributed by atoms with Crippen LogP contribution >= 0.6 is 0 Å². The topological polar surface area (TPSA) is 75.9 Å². The van der Waals surface area contributed by atoms with Crippen molar-refractivity contribution in [2.24, 2.45) is 0 Å². The lowest BCUT2D eigenvalue weighted by Crippen LogP contribution is -2.32. The van der Waals surface area contributed by atoms with Gasteiger partial charge in [0.2, 0.25) is 0 Å². The number of benzene rings is 3. The van der Waals surface area contributed by atoms with E-state index in [1.54, 1.807) is 42.5 Å². The molecule has 7 nitrogen and oxygen atoms in total. The molecule has 28 heavy (non-hydrogen) atoms. The monoisotopic (exact) mass is 375 g/mol. The van der Waals surface area contributed by atoms with Crippen molar-refractivity contribution in [1.82, 2.24) is 5.06 Å². The van der Waals surface area contributed by atoms with Crippen LogP contribution in [0.25, 0.3) is 0 Å². The molecule has 0 aromatic heterocycles. The fraction of sp³-hybridized carbons (Fsp3) is 0.0952. The highest BCUT2D eigenvalue weighted by Crippen LogP contribution is 2.40. The Labute approximate surface area is 161 Å². The first kappa shape index (κ1) is 17.7. The molecule has 7 heteroatoms. The first-order valence-electron chi connectivity index (χ1n) is 8.75. The molecular formula is C21H17N3O4. The van der Waals surface area contributed by atoms with Crippen molar-refractivity contribution in [3.63, 3.8) is 0 Å². The molecular weight excluding hydrogens is 358 g/mol.